The minimum absolute atomic E-state index is 0.179. The van der Waals surface area contributed by atoms with E-state index in [9.17, 15) is 0 Å². The smallest absolute Gasteiger partial charge is 0.185 e. The highest BCUT2D eigenvalue weighted by molar-refractivity contribution is 8.15. The molecule has 0 saturated carbocycles. The predicted octanol–water partition coefficient (Wildman–Crippen LogP) is 6.31. The van der Waals surface area contributed by atoms with Crippen LogP contribution in [0.2, 0.25) is 0 Å². The van der Waals surface area contributed by atoms with Crippen molar-refractivity contribution in [2.24, 2.45) is 9.98 Å². The van der Waals surface area contributed by atoms with Crippen molar-refractivity contribution < 1.29 is 0 Å². The number of hydrogen-bond acceptors (Lipinski definition) is 6. The molecule has 31 heavy (non-hydrogen) atoms. The van der Waals surface area contributed by atoms with E-state index in [4.69, 9.17) is 9.98 Å². The van der Waals surface area contributed by atoms with Crippen molar-refractivity contribution in [3.8, 4) is 0 Å². The second-order valence-corrected chi connectivity index (χ2v) is 10.1. The second kappa shape index (κ2) is 10.6. The number of amidine groups is 1. The summed E-state index contributed by atoms with van der Waals surface area (Å²) in [6.07, 6.45) is 1.95. The molecular weight excluding hydrogens is 420 g/mol. The third-order valence-electron chi connectivity index (χ3n) is 5.74. The summed E-state index contributed by atoms with van der Waals surface area (Å²) in [7, 11) is 8.38. The Balaban J connectivity index is 1.76. The summed E-state index contributed by atoms with van der Waals surface area (Å²) in [5.74, 6) is 1.79. The molecule has 1 heterocycles. The molecule has 0 atom stereocenters. The molecule has 0 aliphatic carbocycles. The number of benzene rings is 2. The molecule has 0 bridgehead atoms. The Hall–Kier alpha value is -1.92. The number of anilines is 2. The molecule has 0 aromatic heterocycles. The van der Waals surface area contributed by atoms with Gasteiger partial charge in [0.2, 0.25) is 0 Å². The van der Waals surface area contributed by atoms with Crippen LogP contribution in [-0.2, 0) is 11.5 Å². The van der Waals surface area contributed by atoms with Crippen molar-refractivity contribution in [1.82, 2.24) is 0 Å². The minimum atomic E-state index is -0.179. The van der Waals surface area contributed by atoms with Gasteiger partial charge in [0.05, 0.1) is 0 Å². The van der Waals surface area contributed by atoms with Crippen molar-refractivity contribution in [3.05, 3.63) is 59.7 Å². The number of thioether (sulfide) groups is 2. The lowest BCUT2D eigenvalue weighted by atomic mass is 9.96. The van der Waals surface area contributed by atoms with Gasteiger partial charge >= 0.3 is 0 Å². The van der Waals surface area contributed by atoms with E-state index >= 15 is 0 Å². The fourth-order valence-electron chi connectivity index (χ4n) is 3.82. The molecule has 0 unspecified atom stereocenters. The normalized spacial score (nSPS) is 14.9. The number of para-hydroxylation sites is 2. The van der Waals surface area contributed by atoms with E-state index in [0.717, 1.165) is 34.6 Å². The molecule has 4 nitrogen and oxygen atoms in total. The highest BCUT2D eigenvalue weighted by Gasteiger charge is 2.37. The van der Waals surface area contributed by atoms with Crippen LogP contribution in [0.4, 0.5) is 11.4 Å². The fraction of sp³-hybridized carbons (Fsp3) is 0.440. The summed E-state index contributed by atoms with van der Waals surface area (Å²) in [6, 6.07) is 17.2. The Bertz CT molecular complexity index is 946. The van der Waals surface area contributed by atoms with E-state index < -0.39 is 0 Å². The summed E-state index contributed by atoms with van der Waals surface area (Å²) in [5.41, 5.74) is 4.99. The van der Waals surface area contributed by atoms with Gasteiger partial charge in [-0.2, -0.15) is 0 Å². The zero-order chi connectivity index (χ0) is 22.4. The zero-order valence-electron chi connectivity index (χ0n) is 19.6. The monoisotopic (exact) mass is 454 g/mol. The van der Waals surface area contributed by atoms with Crippen LogP contribution < -0.4 is 9.80 Å². The van der Waals surface area contributed by atoms with Gasteiger partial charge in [-0.1, -0.05) is 62.0 Å². The van der Waals surface area contributed by atoms with Gasteiger partial charge in [0.25, 0.3) is 0 Å². The van der Waals surface area contributed by atoms with Gasteiger partial charge in [-0.05, 0) is 36.1 Å². The van der Waals surface area contributed by atoms with Gasteiger partial charge in [0.15, 0.2) is 5.17 Å². The fourth-order valence-corrected chi connectivity index (χ4v) is 6.09. The number of hydrogen-bond donors (Lipinski definition) is 0. The van der Waals surface area contributed by atoms with Crippen molar-refractivity contribution in [2.45, 2.75) is 43.7 Å². The first-order valence-electron chi connectivity index (χ1n) is 10.8. The van der Waals surface area contributed by atoms with E-state index in [-0.39, 0.29) is 5.54 Å². The lowest BCUT2D eigenvalue weighted by molar-refractivity contribution is 0.547. The first-order chi connectivity index (χ1) is 14.9. The Labute approximate surface area is 196 Å². The van der Waals surface area contributed by atoms with Crippen molar-refractivity contribution in [2.75, 3.05) is 38.0 Å². The Kier molecular flexibility index (Phi) is 8.11. The molecule has 0 saturated heterocycles. The molecule has 0 spiro atoms. The molecule has 166 valence electrons. The molecule has 0 fully saturated rings. The van der Waals surface area contributed by atoms with E-state index in [1.165, 1.54) is 22.5 Å². The quantitative estimate of drug-likeness (QED) is 0.467. The van der Waals surface area contributed by atoms with Crippen LogP contribution in [0.15, 0.2) is 58.5 Å². The van der Waals surface area contributed by atoms with E-state index in [2.05, 4.69) is 100 Å². The Morgan fingerprint density at radius 1 is 0.742 bits per heavy atom. The zero-order valence-corrected chi connectivity index (χ0v) is 21.2. The summed E-state index contributed by atoms with van der Waals surface area (Å²) < 4.78 is 0. The average molecular weight is 455 g/mol. The molecule has 0 radical (unpaired) electrons. The van der Waals surface area contributed by atoms with Crippen molar-refractivity contribution in [3.63, 3.8) is 0 Å². The van der Waals surface area contributed by atoms with Crippen LogP contribution in [0, 0.1) is 0 Å². The predicted molar refractivity (Wildman–Crippen MR) is 142 cm³/mol. The second-order valence-electron chi connectivity index (χ2n) is 8.17. The van der Waals surface area contributed by atoms with Gasteiger partial charge in [0, 0.05) is 51.1 Å². The molecule has 6 heteroatoms. The van der Waals surface area contributed by atoms with Crippen LogP contribution in [-0.4, -0.2) is 43.9 Å². The minimum Gasteiger partial charge on any atom is -0.377 e. The standard InChI is InChI=1S/C25H34N4S2/c1-7-25(8-2)23(30-17-19-13-9-11-15-21(19)28(3)4)26-24(27-25)31-18-20-14-10-12-16-22(20)29(5)6/h9-16H,7-8,17-18H2,1-6H3. The first kappa shape index (κ1) is 23.7. The van der Waals surface area contributed by atoms with Crippen LogP contribution in [0.25, 0.3) is 0 Å². The van der Waals surface area contributed by atoms with Crippen molar-refractivity contribution >= 4 is 45.1 Å². The van der Waals surface area contributed by atoms with Crippen LogP contribution in [0.5, 0.6) is 0 Å². The Morgan fingerprint density at radius 2 is 1.23 bits per heavy atom. The lowest BCUT2D eigenvalue weighted by Crippen LogP contribution is -2.31. The maximum atomic E-state index is 5.13. The highest BCUT2D eigenvalue weighted by atomic mass is 32.2. The SMILES string of the molecule is CCC1(CC)N=C(SCc2ccccc2N(C)C)N=C1SCc1ccccc1N(C)C. The molecule has 2 aromatic rings. The Morgan fingerprint density at radius 3 is 1.71 bits per heavy atom. The van der Waals surface area contributed by atoms with E-state index in [0.29, 0.717) is 0 Å². The molecule has 2 aromatic carbocycles. The number of rotatable bonds is 8. The highest BCUT2D eigenvalue weighted by Crippen LogP contribution is 2.38. The third-order valence-corrected chi connectivity index (χ3v) is 7.84. The summed E-state index contributed by atoms with van der Waals surface area (Å²) in [5, 5.41) is 2.08. The maximum absolute atomic E-state index is 5.13. The third kappa shape index (κ3) is 5.47. The van der Waals surface area contributed by atoms with E-state index in [1.807, 2.05) is 11.8 Å². The van der Waals surface area contributed by atoms with Crippen LogP contribution in [0.3, 0.4) is 0 Å². The van der Waals surface area contributed by atoms with Crippen molar-refractivity contribution in [1.29, 1.82) is 0 Å². The van der Waals surface area contributed by atoms with Gasteiger partial charge in [0.1, 0.15) is 10.6 Å². The molecule has 0 N–H and O–H groups in total. The first-order valence-corrected chi connectivity index (χ1v) is 12.8. The largest absolute Gasteiger partial charge is 0.377 e. The lowest BCUT2D eigenvalue weighted by Gasteiger charge is -2.25. The van der Waals surface area contributed by atoms with Gasteiger partial charge in [-0.15, -0.1) is 11.8 Å². The maximum Gasteiger partial charge on any atom is 0.185 e. The molecule has 1 aliphatic rings. The van der Waals surface area contributed by atoms with Crippen LogP contribution >= 0.6 is 23.5 Å². The van der Waals surface area contributed by atoms with Gasteiger partial charge in [-0.25, -0.2) is 9.98 Å². The molecule has 0 amide bonds. The number of aliphatic imine (C=N–C) groups is 2. The summed E-state index contributed by atoms with van der Waals surface area (Å²) >= 11 is 3.59. The average Bonchev–Trinajstić information content (AvgIpc) is 3.14. The molecule has 3 rings (SSSR count). The van der Waals surface area contributed by atoms with Crippen LogP contribution in [0.1, 0.15) is 37.8 Å². The summed E-state index contributed by atoms with van der Waals surface area (Å²) in [6.45, 7) is 4.46. The summed E-state index contributed by atoms with van der Waals surface area (Å²) in [4.78, 5) is 14.5. The number of nitrogens with zero attached hydrogens (tertiary/aromatic N) is 4. The topological polar surface area (TPSA) is 31.2 Å². The molecule has 1 aliphatic heterocycles. The molecular formula is C25H34N4S2. The van der Waals surface area contributed by atoms with E-state index in [1.54, 1.807) is 11.8 Å². The van der Waals surface area contributed by atoms with Gasteiger partial charge < -0.3 is 9.80 Å². The van der Waals surface area contributed by atoms with Gasteiger partial charge in [-0.3, -0.25) is 0 Å².